The van der Waals surface area contributed by atoms with Crippen LogP contribution in [0.25, 0.3) is 0 Å². The van der Waals surface area contributed by atoms with Crippen molar-refractivity contribution in [2.24, 2.45) is 11.8 Å². The van der Waals surface area contributed by atoms with Crippen LogP contribution in [0.3, 0.4) is 0 Å². The molecule has 7 heteroatoms. The Bertz CT molecular complexity index is 661. The number of amides is 1. The number of ether oxygens (including phenoxy) is 2. The Labute approximate surface area is 173 Å². The molecule has 162 valence electrons. The molecule has 0 bridgehead atoms. The highest BCUT2D eigenvalue weighted by Gasteiger charge is 2.25. The summed E-state index contributed by atoms with van der Waals surface area (Å²) in [5.41, 5.74) is 1.32. The lowest BCUT2D eigenvalue weighted by atomic mass is 10.0. The first kappa shape index (κ1) is 21.8. The second-order valence-electron chi connectivity index (χ2n) is 8.53. The van der Waals surface area contributed by atoms with Gasteiger partial charge in [-0.2, -0.15) is 0 Å². The number of aromatic nitrogens is 1. The van der Waals surface area contributed by atoms with E-state index in [9.17, 15) is 9.18 Å². The first-order valence-corrected chi connectivity index (χ1v) is 10.9. The summed E-state index contributed by atoms with van der Waals surface area (Å²) < 4.78 is 23.7. The fourth-order valence-electron chi connectivity index (χ4n) is 3.62. The summed E-state index contributed by atoms with van der Waals surface area (Å²) in [6.07, 6.45) is 5.50. The summed E-state index contributed by atoms with van der Waals surface area (Å²) in [6.45, 7) is 6.64. The van der Waals surface area contributed by atoms with E-state index in [0.717, 1.165) is 25.2 Å². The Morgan fingerprint density at radius 2 is 2.07 bits per heavy atom. The Balaban J connectivity index is 1.69. The molecule has 1 unspecified atom stereocenters. The van der Waals surface area contributed by atoms with Gasteiger partial charge in [-0.05, 0) is 56.1 Å². The molecule has 1 saturated carbocycles. The molecule has 1 aliphatic carbocycles. The zero-order valence-electron chi connectivity index (χ0n) is 17.7. The van der Waals surface area contributed by atoms with E-state index in [1.807, 2.05) is 6.07 Å². The third-order valence-corrected chi connectivity index (χ3v) is 5.30. The first-order chi connectivity index (χ1) is 14.1. The number of carbonyl (C=O) groups excluding carboxylic acids is 1. The Morgan fingerprint density at radius 1 is 1.31 bits per heavy atom. The van der Waals surface area contributed by atoms with Crippen LogP contribution in [0.4, 0.5) is 10.1 Å². The summed E-state index contributed by atoms with van der Waals surface area (Å²) in [4.78, 5) is 19.7. The van der Waals surface area contributed by atoms with Gasteiger partial charge < -0.3 is 19.7 Å². The zero-order valence-corrected chi connectivity index (χ0v) is 17.7. The predicted molar refractivity (Wildman–Crippen MR) is 111 cm³/mol. The van der Waals surface area contributed by atoms with Crippen LogP contribution in [0, 0.1) is 11.8 Å². The molecule has 1 aliphatic heterocycles. The van der Waals surface area contributed by atoms with Gasteiger partial charge in [0.05, 0.1) is 31.5 Å². The summed E-state index contributed by atoms with van der Waals surface area (Å²) >= 11 is 0. The van der Waals surface area contributed by atoms with Crippen molar-refractivity contribution in [3.8, 4) is 5.88 Å². The molecule has 1 amide bonds. The van der Waals surface area contributed by atoms with Gasteiger partial charge in [-0.25, -0.2) is 9.37 Å². The fourth-order valence-corrected chi connectivity index (χ4v) is 3.62. The Hall–Kier alpha value is -1.89. The van der Waals surface area contributed by atoms with Crippen molar-refractivity contribution < 1.29 is 18.7 Å². The third kappa shape index (κ3) is 6.84. The van der Waals surface area contributed by atoms with Crippen LogP contribution >= 0.6 is 0 Å². The van der Waals surface area contributed by atoms with E-state index < -0.39 is 6.67 Å². The van der Waals surface area contributed by atoms with E-state index in [2.05, 4.69) is 29.0 Å². The monoisotopic (exact) mass is 407 g/mol. The lowest BCUT2D eigenvalue weighted by Crippen LogP contribution is -2.39. The van der Waals surface area contributed by atoms with Crippen LogP contribution in [0.2, 0.25) is 0 Å². The number of rotatable bonds is 12. The van der Waals surface area contributed by atoms with Crippen LogP contribution < -0.4 is 15.0 Å². The number of pyridine rings is 1. The number of nitrogens with one attached hydrogen (secondary N) is 1. The minimum absolute atomic E-state index is 0.0480. The molecule has 3 rings (SSSR count). The number of nitrogens with zero attached hydrogens (tertiary/aromatic N) is 2. The molecule has 2 fully saturated rings. The van der Waals surface area contributed by atoms with Crippen molar-refractivity contribution in [1.29, 1.82) is 0 Å². The van der Waals surface area contributed by atoms with Crippen molar-refractivity contribution in [2.45, 2.75) is 52.0 Å². The Kier molecular flexibility index (Phi) is 8.09. The molecule has 1 saturated heterocycles. The third-order valence-electron chi connectivity index (χ3n) is 5.30. The minimum atomic E-state index is -0.524. The smallest absolute Gasteiger partial charge is 0.270 e. The maximum Gasteiger partial charge on any atom is 0.270 e. The van der Waals surface area contributed by atoms with E-state index in [0.29, 0.717) is 36.6 Å². The van der Waals surface area contributed by atoms with E-state index in [-0.39, 0.29) is 18.6 Å². The maximum atomic E-state index is 12.8. The first-order valence-electron chi connectivity index (χ1n) is 10.9. The van der Waals surface area contributed by atoms with Crippen LogP contribution in [0.15, 0.2) is 12.1 Å². The summed E-state index contributed by atoms with van der Waals surface area (Å²) in [5, 5.41) is 3.00. The van der Waals surface area contributed by atoms with Gasteiger partial charge in [-0.1, -0.05) is 13.8 Å². The number of halogens is 1. The average Bonchev–Trinajstić information content (AvgIpc) is 3.37. The lowest BCUT2D eigenvalue weighted by Gasteiger charge is -2.22. The van der Waals surface area contributed by atoms with Crippen LogP contribution in [-0.4, -0.2) is 56.5 Å². The van der Waals surface area contributed by atoms with Crippen molar-refractivity contribution in [3.63, 3.8) is 0 Å². The molecular formula is C22H34FN3O3. The molecule has 2 heterocycles. The van der Waals surface area contributed by atoms with E-state index in [1.54, 1.807) is 6.07 Å². The Morgan fingerprint density at radius 3 is 2.72 bits per heavy atom. The predicted octanol–water partition coefficient (Wildman–Crippen LogP) is 3.60. The summed E-state index contributed by atoms with van der Waals surface area (Å²) in [7, 11) is 0. The largest absolute Gasteiger partial charge is 0.476 e. The molecule has 29 heavy (non-hydrogen) atoms. The van der Waals surface area contributed by atoms with Crippen molar-refractivity contribution in [2.75, 3.05) is 44.5 Å². The van der Waals surface area contributed by atoms with Crippen LogP contribution in [0.1, 0.15) is 56.4 Å². The van der Waals surface area contributed by atoms with Crippen molar-refractivity contribution in [3.05, 3.63) is 17.8 Å². The van der Waals surface area contributed by atoms with Gasteiger partial charge in [-0.3, -0.25) is 4.79 Å². The van der Waals surface area contributed by atoms with Gasteiger partial charge in [0.25, 0.3) is 5.91 Å². The topological polar surface area (TPSA) is 63.7 Å². The molecule has 1 atom stereocenters. The summed E-state index contributed by atoms with van der Waals surface area (Å²) in [5.74, 6) is 1.31. The highest BCUT2D eigenvalue weighted by molar-refractivity contribution is 5.93. The van der Waals surface area contributed by atoms with E-state index in [4.69, 9.17) is 9.47 Å². The highest BCUT2D eigenvalue weighted by Crippen LogP contribution is 2.33. The number of hydrogen-bond acceptors (Lipinski definition) is 5. The van der Waals surface area contributed by atoms with E-state index >= 15 is 0 Å². The fraction of sp³-hybridized carbons (Fsp3) is 0.727. The molecule has 0 spiro atoms. The molecule has 1 aromatic rings. The molecule has 0 radical (unpaired) electrons. The molecule has 2 aliphatic rings. The van der Waals surface area contributed by atoms with Crippen LogP contribution in [-0.2, 0) is 4.74 Å². The van der Waals surface area contributed by atoms with E-state index in [1.165, 1.54) is 25.7 Å². The zero-order chi connectivity index (χ0) is 20.6. The molecule has 6 nitrogen and oxygen atoms in total. The molecule has 1 aromatic heterocycles. The molecule has 0 aromatic carbocycles. The number of anilines is 1. The maximum absolute atomic E-state index is 12.8. The SMILES string of the molecule is CC(C)CC(COCCF)NC(=O)c1ccc(N2CCCC2)c(OCC2CC2)n1. The molecule has 1 N–H and O–H groups in total. The number of alkyl halides is 1. The van der Waals surface area contributed by atoms with Gasteiger partial charge in [0, 0.05) is 13.1 Å². The van der Waals surface area contributed by atoms with Gasteiger partial charge in [0.1, 0.15) is 12.4 Å². The average molecular weight is 408 g/mol. The number of carbonyl (C=O) groups is 1. The van der Waals surface area contributed by atoms with Crippen LogP contribution in [0.5, 0.6) is 5.88 Å². The highest BCUT2D eigenvalue weighted by atomic mass is 19.1. The normalized spacial score (nSPS) is 17.6. The van der Waals surface area contributed by atoms with Crippen molar-refractivity contribution in [1.82, 2.24) is 10.3 Å². The molecular weight excluding hydrogens is 373 g/mol. The summed E-state index contributed by atoms with van der Waals surface area (Å²) in [6, 6.07) is 3.54. The van der Waals surface area contributed by atoms with Gasteiger partial charge in [0.2, 0.25) is 5.88 Å². The van der Waals surface area contributed by atoms with Gasteiger partial charge >= 0.3 is 0 Å². The van der Waals surface area contributed by atoms with Gasteiger partial charge in [0.15, 0.2) is 0 Å². The number of hydrogen-bond donors (Lipinski definition) is 1. The second-order valence-corrected chi connectivity index (χ2v) is 8.53. The quantitative estimate of drug-likeness (QED) is 0.537. The standard InChI is InChI=1S/C22H34FN3O3/c1-16(2)13-18(15-28-12-9-23)24-21(27)19-7-8-20(26-10-3-4-11-26)22(25-19)29-14-17-5-6-17/h7-8,16-18H,3-6,9-15H2,1-2H3,(H,24,27). The second kappa shape index (κ2) is 10.8. The minimum Gasteiger partial charge on any atom is -0.476 e. The van der Waals surface area contributed by atoms with Crippen molar-refractivity contribution >= 4 is 11.6 Å². The van der Waals surface area contributed by atoms with Gasteiger partial charge in [-0.15, -0.1) is 0 Å². The lowest BCUT2D eigenvalue weighted by molar-refractivity contribution is 0.0770.